The Balaban J connectivity index is 2.06. The third-order valence-electron chi connectivity index (χ3n) is 4.30. The van der Waals surface area contributed by atoms with Gasteiger partial charge in [-0.25, -0.2) is 0 Å². The molecule has 1 aromatic rings. The Morgan fingerprint density at radius 1 is 1.38 bits per heavy atom. The van der Waals surface area contributed by atoms with Crippen molar-refractivity contribution in [3.8, 4) is 0 Å². The van der Waals surface area contributed by atoms with Crippen molar-refractivity contribution in [2.75, 3.05) is 38.3 Å². The molecule has 2 rings (SSSR count). The molecule has 0 saturated carbocycles. The summed E-state index contributed by atoms with van der Waals surface area (Å²) >= 11 is 0. The van der Waals surface area contributed by atoms with Crippen LogP contribution >= 0.6 is 0 Å². The molecule has 1 aliphatic rings. The van der Waals surface area contributed by atoms with Crippen LogP contribution in [0.5, 0.6) is 0 Å². The third kappa shape index (κ3) is 4.72. The Hall–Kier alpha value is -1.06. The van der Waals surface area contributed by atoms with Gasteiger partial charge in [0.25, 0.3) is 0 Å². The summed E-state index contributed by atoms with van der Waals surface area (Å²) in [4.78, 5) is 2.38. The molecule has 0 aromatic heterocycles. The Labute approximate surface area is 129 Å². The summed E-state index contributed by atoms with van der Waals surface area (Å²) < 4.78 is 5.81. The number of anilines is 1. The van der Waals surface area contributed by atoms with Gasteiger partial charge in [0.15, 0.2) is 0 Å². The fourth-order valence-corrected chi connectivity index (χ4v) is 3.11. The number of ether oxygens (including phenoxy) is 1. The zero-order valence-corrected chi connectivity index (χ0v) is 14.0. The monoisotopic (exact) mass is 290 g/mol. The van der Waals surface area contributed by atoms with Crippen molar-refractivity contribution in [1.82, 2.24) is 5.32 Å². The van der Waals surface area contributed by atoms with E-state index in [1.54, 1.807) is 0 Å². The van der Waals surface area contributed by atoms with Crippen LogP contribution in [0.1, 0.15) is 32.3 Å². The second-order valence-corrected chi connectivity index (χ2v) is 6.89. The molecule has 1 fully saturated rings. The normalized spacial score (nSPS) is 22.5. The molecule has 0 bridgehead atoms. The van der Waals surface area contributed by atoms with Crippen LogP contribution in [0.2, 0.25) is 0 Å². The summed E-state index contributed by atoms with van der Waals surface area (Å²) in [7, 11) is 2.19. The Morgan fingerprint density at radius 3 is 2.81 bits per heavy atom. The zero-order chi connectivity index (χ0) is 15.3. The molecule has 1 N–H and O–H groups in total. The summed E-state index contributed by atoms with van der Waals surface area (Å²) in [6.45, 7) is 10.4. The highest BCUT2D eigenvalue weighted by molar-refractivity contribution is 5.47. The maximum Gasteiger partial charge on any atom is 0.0551 e. The Kier molecular flexibility index (Phi) is 5.65. The molecule has 0 amide bonds. The van der Waals surface area contributed by atoms with Gasteiger partial charge in [0.1, 0.15) is 0 Å². The van der Waals surface area contributed by atoms with E-state index in [2.05, 4.69) is 62.3 Å². The van der Waals surface area contributed by atoms with Gasteiger partial charge in [0, 0.05) is 43.9 Å². The first kappa shape index (κ1) is 16.3. The van der Waals surface area contributed by atoms with Crippen LogP contribution in [0.25, 0.3) is 0 Å². The van der Waals surface area contributed by atoms with Crippen molar-refractivity contribution in [2.45, 2.75) is 39.7 Å². The standard InChI is InChI=1S/C18H30N2O/c1-15(2)19-12-18(9-6-10-21-14-18)13-20(4)17-8-5-7-16(3)11-17/h5,7-8,11,15,19H,6,9-10,12-14H2,1-4H3. The number of hydrogen-bond acceptors (Lipinski definition) is 3. The largest absolute Gasteiger partial charge is 0.381 e. The molecule has 3 heteroatoms. The average molecular weight is 290 g/mol. The molecule has 0 aliphatic carbocycles. The lowest BCUT2D eigenvalue weighted by atomic mass is 9.81. The molecule has 1 saturated heterocycles. The summed E-state index contributed by atoms with van der Waals surface area (Å²) in [6, 6.07) is 9.26. The maximum absolute atomic E-state index is 5.81. The lowest BCUT2D eigenvalue weighted by molar-refractivity contribution is -0.00358. The van der Waals surface area contributed by atoms with Crippen LogP contribution in [-0.2, 0) is 4.74 Å². The summed E-state index contributed by atoms with van der Waals surface area (Å²) in [6.07, 6.45) is 2.41. The van der Waals surface area contributed by atoms with Gasteiger partial charge in [-0.15, -0.1) is 0 Å². The van der Waals surface area contributed by atoms with Crippen molar-refractivity contribution in [1.29, 1.82) is 0 Å². The van der Waals surface area contributed by atoms with Gasteiger partial charge in [-0.05, 0) is 37.5 Å². The third-order valence-corrected chi connectivity index (χ3v) is 4.30. The van der Waals surface area contributed by atoms with Crippen molar-refractivity contribution in [3.05, 3.63) is 29.8 Å². The van der Waals surface area contributed by atoms with E-state index in [1.165, 1.54) is 24.1 Å². The van der Waals surface area contributed by atoms with Gasteiger partial charge in [-0.2, -0.15) is 0 Å². The summed E-state index contributed by atoms with van der Waals surface area (Å²) in [5.74, 6) is 0. The molecule has 1 unspecified atom stereocenters. The molecule has 0 radical (unpaired) electrons. The van der Waals surface area contributed by atoms with Crippen LogP contribution in [0.4, 0.5) is 5.69 Å². The quantitative estimate of drug-likeness (QED) is 0.870. The van der Waals surface area contributed by atoms with Gasteiger partial charge in [-0.3, -0.25) is 0 Å². The fourth-order valence-electron chi connectivity index (χ4n) is 3.11. The van der Waals surface area contributed by atoms with Gasteiger partial charge in [0.2, 0.25) is 0 Å². The molecule has 118 valence electrons. The molecule has 1 aliphatic heterocycles. The molecule has 21 heavy (non-hydrogen) atoms. The molecule has 3 nitrogen and oxygen atoms in total. The van der Waals surface area contributed by atoms with Crippen LogP contribution < -0.4 is 10.2 Å². The van der Waals surface area contributed by atoms with E-state index in [0.717, 1.165) is 26.3 Å². The van der Waals surface area contributed by atoms with Gasteiger partial charge >= 0.3 is 0 Å². The SMILES string of the molecule is Cc1cccc(N(C)CC2(CNC(C)C)CCCOC2)c1. The van der Waals surface area contributed by atoms with Crippen molar-refractivity contribution in [3.63, 3.8) is 0 Å². The van der Waals surface area contributed by atoms with Crippen molar-refractivity contribution in [2.24, 2.45) is 5.41 Å². The Bertz CT molecular complexity index is 439. The van der Waals surface area contributed by atoms with E-state index in [1.807, 2.05) is 0 Å². The molecule has 1 heterocycles. The molecule has 1 atom stereocenters. The highest BCUT2D eigenvalue weighted by Gasteiger charge is 2.34. The van der Waals surface area contributed by atoms with Gasteiger partial charge in [0.05, 0.1) is 6.61 Å². The topological polar surface area (TPSA) is 24.5 Å². The second-order valence-electron chi connectivity index (χ2n) is 6.89. The van der Waals surface area contributed by atoms with Crippen LogP contribution in [-0.4, -0.2) is 39.4 Å². The van der Waals surface area contributed by atoms with Crippen LogP contribution in [0.15, 0.2) is 24.3 Å². The minimum absolute atomic E-state index is 0.223. The van der Waals surface area contributed by atoms with Crippen LogP contribution in [0, 0.1) is 12.3 Å². The fraction of sp³-hybridized carbons (Fsp3) is 0.667. The molecular formula is C18H30N2O. The predicted octanol–water partition coefficient (Wildman–Crippen LogP) is 3.23. The number of benzene rings is 1. The highest BCUT2D eigenvalue weighted by atomic mass is 16.5. The first-order valence-corrected chi connectivity index (χ1v) is 8.10. The van der Waals surface area contributed by atoms with E-state index in [-0.39, 0.29) is 5.41 Å². The number of rotatable bonds is 6. The first-order chi connectivity index (χ1) is 10.0. The predicted molar refractivity (Wildman–Crippen MR) is 90.1 cm³/mol. The van der Waals surface area contributed by atoms with Crippen molar-refractivity contribution < 1.29 is 4.74 Å². The lowest BCUT2D eigenvalue weighted by Gasteiger charge is -2.41. The Morgan fingerprint density at radius 2 is 2.19 bits per heavy atom. The highest BCUT2D eigenvalue weighted by Crippen LogP contribution is 2.30. The number of aryl methyl sites for hydroxylation is 1. The summed E-state index contributed by atoms with van der Waals surface area (Å²) in [5.41, 5.74) is 2.83. The first-order valence-electron chi connectivity index (χ1n) is 8.10. The lowest BCUT2D eigenvalue weighted by Crippen LogP contribution is -2.49. The summed E-state index contributed by atoms with van der Waals surface area (Å²) in [5, 5.41) is 3.62. The van der Waals surface area contributed by atoms with E-state index >= 15 is 0 Å². The van der Waals surface area contributed by atoms with Gasteiger partial charge < -0.3 is 15.0 Å². The average Bonchev–Trinajstić information content (AvgIpc) is 2.46. The minimum atomic E-state index is 0.223. The van der Waals surface area contributed by atoms with E-state index in [4.69, 9.17) is 4.74 Å². The minimum Gasteiger partial charge on any atom is -0.381 e. The molecule has 1 aromatic carbocycles. The van der Waals surface area contributed by atoms with Crippen molar-refractivity contribution >= 4 is 5.69 Å². The van der Waals surface area contributed by atoms with E-state index < -0.39 is 0 Å². The molecule has 0 spiro atoms. The smallest absolute Gasteiger partial charge is 0.0551 e. The number of nitrogens with zero attached hydrogens (tertiary/aromatic N) is 1. The zero-order valence-electron chi connectivity index (χ0n) is 14.0. The van der Waals surface area contributed by atoms with E-state index in [0.29, 0.717) is 6.04 Å². The maximum atomic E-state index is 5.81. The number of hydrogen-bond donors (Lipinski definition) is 1. The van der Waals surface area contributed by atoms with E-state index in [9.17, 15) is 0 Å². The second kappa shape index (κ2) is 7.28. The van der Waals surface area contributed by atoms with Gasteiger partial charge in [-0.1, -0.05) is 26.0 Å². The van der Waals surface area contributed by atoms with Crippen LogP contribution in [0.3, 0.4) is 0 Å². The number of nitrogens with one attached hydrogen (secondary N) is 1. The molecular weight excluding hydrogens is 260 g/mol.